The second-order valence-electron chi connectivity index (χ2n) is 9.31. The topological polar surface area (TPSA) is 63.4 Å². The summed E-state index contributed by atoms with van der Waals surface area (Å²) >= 11 is 0. The highest BCUT2D eigenvalue weighted by Gasteiger charge is 2.44. The van der Waals surface area contributed by atoms with E-state index in [-0.39, 0.29) is 22.5 Å². The van der Waals surface area contributed by atoms with Gasteiger partial charge in [-0.2, -0.15) is 0 Å². The van der Waals surface area contributed by atoms with Gasteiger partial charge in [0.2, 0.25) is 5.76 Å². The zero-order valence-electron chi connectivity index (χ0n) is 18.5. The molecule has 2 aromatic carbocycles. The average Bonchev–Trinajstić information content (AvgIpc) is 3.06. The highest BCUT2D eigenvalue weighted by molar-refractivity contribution is 6.10. The molecule has 1 aliphatic rings. The van der Waals surface area contributed by atoms with Crippen LogP contribution in [-0.4, -0.2) is 10.9 Å². The zero-order valence-corrected chi connectivity index (χ0v) is 18.5. The summed E-state index contributed by atoms with van der Waals surface area (Å²) < 4.78 is 5.99. The van der Waals surface area contributed by atoms with Crippen molar-refractivity contribution in [2.24, 2.45) is 0 Å². The van der Waals surface area contributed by atoms with Crippen molar-refractivity contribution in [3.8, 4) is 0 Å². The second kappa shape index (κ2) is 7.16. The van der Waals surface area contributed by atoms with Gasteiger partial charge in [0.05, 0.1) is 17.0 Å². The van der Waals surface area contributed by atoms with E-state index < -0.39 is 6.04 Å². The number of aryl methyl sites for hydroxylation is 1. The van der Waals surface area contributed by atoms with Gasteiger partial charge in [0.25, 0.3) is 5.91 Å². The maximum atomic E-state index is 13.6. The summed E-state index contributed by atoms with van der Waals surface area (Å²) in [6, 6.07) is 18.3. The molecule has 32 heavy (non-hydrogen) atoms. The number of aromatic nitrogens is 1. The number of fused-ring (bicyclic) bond motifs is 2. The largest absolute Gasteiger partial charge is 0.450 e. The number of rotatable bonds is 2. The third-order valence-corrected chi connectivity index (χ3v) is 6.02. The van der Waals surface area contributed by atoms with E-state index in [0.717, 1.165) is 11.1 Å². The van der Waals surface area contributed by atoms with Gasteiger partial charge < -0.3 is 4.42 Å². The van der Waals surface area contributed by atoms with Crippen molar-refractivity contribution >= 4 is 22.7 Å². The lowest BCUT2D eigenvalue weighted by Crippen LogP contribution is -2.30. The van der Waals surface area contributed by atoms with Gasteiger partial charge in [-0.25, -0.2) is 4.98 Å². The van der Waals surface area contributed by atoms with Crippen LogP contribution in [0.2, 0.25) is 0 Å². The first kappa shape index (κ1) is 20.2. The van der Waals surface area contributed by atoms with Crippen LogP contribution in [-0.2, 0) is 5.41 Å². The lowest BCUT2D eigenvalue weighted by atomic mass is 9.86. The highest BCUT2D eigenvalue weighted by Crippen LogP contribution is 2.41. The molecule has 0 spiro atoms. The first-order valence-corrected chi connectivity index (χ1v) is 10.7. The van der Waals surface area contributed by atoms with E-state index in [4.69, 9.17) is 4.42 Å². The van der Waals surface area contributed by atoms with Gasteiger partial charge in [-0.3, -0.25) is 14.5 Å². The van der Waals surface area contributed by atoms with E-state index >= 15 is 0 Å². The molecule has 1 atom stereocenters. The summed E-state index contributed by atoms with van der Waals surface area (Å²) in [5.41, 5.74) is 3.58. The number of anilines is 1. The molecular formula is C27H24N2O3. The number of pyridine rings is 1. The van der Waals surface area contributed by atoms with E-state index in [0.29, 0.717) is 22.4 Å². The Morgan fingerprint density at radius 1 is 0.969 bits per heavy atom. The molecule has 5 nitrogen and oxygen atoms in total. The number of hydrogen-bond acceptors (Lipinski definition) is 4. The molecule has 160 valence electrons. The molecule has 0 saturated heterocycles. The average molecular weight is 425 g/mol. The van der Waals surface area contributed by atoms with Gasteiger partial charge in [-0.1, -0.05) is 57.2 Å². The Morgan fingerprint density at radius 3 is 2.38 bits per heavy atom. The molecule has 0 saturated carbocycles. The van der Waals surface area contributed by atoms with Gasteiger partial charge in [0.1, 0.15) is 11.4 Å². The lowest BCUT2D eigenvalue weighted by molar-refractivity contribution is 0.0970. The number of amides is 1. The predicted molar refractivity (Wildman–Crippen MR) is 125 cm³/mol. The van der Waals surface area contributed by atoms with Crippen molar-refractivity contribution in [3.63, 3.8) is 0 Å². The Morgan fingerprint density at radius 2 is 1.69 bits per heavy atom. The Kier molecular flexibility index (Phi) is 4.52. The zero-order chi connectivity index (χ0) is 22.6. The van der Waals surface area contributed by atoms with E-state index in [1.165, 1.54) is 5.56 Å². The first-order valence-electron chi connectivity index (χ1n) is 10.7. The molecule has 0 N–H and O–H groups in total. The Bertz CT molecular complexity index is 1410. The van der Waals surface area contributed by atoms with Crippen molar-refractivity contribution in [1.29, 1.82) is 0 Å². The fraction of sp³-hybridized carbons (Fsp3) is 0.222. The van der Waals surface area contributed by atoms with Crippen molar-refractivity contribution in [3.05, 3.63) is 105 Å². The molecule has 4 aromatic rings. The molecule has 2 aromatic heterocycles. The maximum absolute atomic E-state index is 13.6. The standard InChI is InChI=1S/C27H24N2O3/c1-16-13-14-28-21(15-16)29-23(17-9-11-18(12-10-17)27(2,3)4)22-24(30)19-7-5-6-8-20(19)32-25(22)26(29)31/h5-15,23H,1-4H3/t23-/m1/s1. The van der Waals surface area contributed by atoms with Crippen molar-refractivity contribution < 1.29 is 9.21 Å². The van der Waals surface area contributed by atoms with Crippen LogP contribution >= 0.6 is 0 Å². The molecule has 0 unspecified atom stereocenters. The van der Waals surface area contributed by atoms with Gasteiger partial charge >= 0.3 is 0 Å². The molecule has 0 fully saturated rings. The maximum Gasteiger partial charge on any atom is 0.296 e. The summed E-state index contributed by atoms with van der Waals surface area (Å²) in [5, 5.41) is 0.467. The summed E-state index contributed by atoms with van der Waals surface area (Å²) in [6.07, 6.45) is 1.67. The summed E-state index contributed by atoms with van der Waals surface area (Å²) in [7, 11) is 0. The van der Waals surface area contributed by atoms with Crippen LogP contribution in [0.15, 0.2) is 76.1 Å². The fourth-order valence-corrected chi connectivity index (χ4v) is 4.29. The van der Waals surface area contributed by atoms with Crippen molar-refractivity contribution in [1.82, 2.24) is 4.98 Å². The fourth-order valence-electron chi connectivity index (χ4n) is 4.29. The molecule has 3 heterocycles. The smallest absolute Gasteiger partial charge is 0.296 e. The first-order chi connectivity index (χ1) is 15.3. The third-order valence-electron chi connectivity index (χ3n) is 6.02. The second-order valence-corrected chi connectivity index (χ2v) is 9.31. The van der Waals surface area contributed by atoms with Crippen molar-refractivity contribution in [2.75, 3.05) is 4.90 Å². The molecule has 1 amide bonds. The number of carbonyl (C=O) groups excluding carboxylic acids is 1. The number of hydrogen-bond donors (Lipinski definition) is 0. The molecule has 1 aliphatic heterocycles. The minimum atomic E-state index is -0.610. The predicted octanol–water partition coefficient (Wildman–Crippen LogP) is 5.54. The van der Waals surface area contributed by atoms with E-state index in [9.17, 15) is 9.59 Å². The molecule has 0 radical (unpaired) electrons. The van der Waals surface area contributed by atoms with Crippen LogP contribution < -0.4 is 10.3 Å². The Labute approximate surface area is 186 Å². The Balaban J connectivity index is 1.77. The SMILES string of the molecule is Cc1ccnc(N2C(=O)c3oc4ccccc4c(=O)c3[C@H]2c2ccc(C(C)(C)C)cc2)c1. The number of nitrogens with zero attached hydrogens (tertiary/aromatic N) is 2. The Hall–Kier alpha value is -3.73. The van der Waals surface area contributed by atoms with Crippen LogP contribution in [0.4, 0.5) is 5.82 Å². The third kappa shape index (κ3) is 3.12. The van der Waals surface area contributed by atoms with E-state index in [1.54, 1.807) is 35.4 Å². The minimum Gasteiger partial charge on any atom is -0.450 e. The van der Waals surface area contributed by atoms with Crippen molar-refractivity contribution in [2.45, 2.75) is 39.2 Å². The van der Waals surface area contributed by atoms with Crippen LogP contribution in [0.5, 0.6) is 0 Å². The van der Waals surface area contributed by atoms with Crippen LogP contribution in [0.3, 0.4) is 0 Å². The normalized spacial score (nSPS) is 15.9. The summed E-state index contributed by atoms with van der Waals surface area (Å²) in [5.74, 6) is 0.225. The molecule has 5 heteroatoms. The summed E-state index contributed by atoms with van der Waals surface area (Å²) in [6.45, 7) is 8.41. The van der Waals surface area contributed by atoms with Crippen LogP contribution in [0, 0.1) is 6.92 Å². The van der Waals surface area contributed by atoms with Gasteiger partial charge in [0.15, 0.2) is 5.43 Å². The van der Waals surface area contributed by atoms with Gasteiger partial charge in [-0.15, -0.1) is 0 Å². The molecular weight excluding hydrogens is 400 g/mol. The van der Waals surface area contributed by atoms with E-state index in [2.05, 4.69) is 37.9 Å². The number of para-hydroxylation sites is 1. The monoisotopic (exact) mass is 424 g/mol. The van der Waals surface area contributed by atoms with E-state index in [1.807, 2.05) is 31.2 Å². The van der Waals surface area contributed by atoms with Crippen LogP contribution in [0.1, 0.15) is 59.6 Å². The highest BCUT2D eigenvalue weighted by atomic mass is 16.3. The van der Waals surface area contributed by atoms with Gasteiger partial charge in [0, 0.05) is 6.20 Å². The van der Waals surface area contributed by atoms with Gasteiger partial charge in [-0.05, 0) is 53.3 Å². The molecule has 5 rings (SSSR count). The summed E-state index contributed by atoms with van der Waals surface area (Å²) in [4.78, 5) is 33.2. The number of carbonyl (C=O) groups is 1. The lowest BCUT2D eigenvalue weighted by Gasteiger charge is -2.25. The quantitative estimate of drug-likeness (QED) is 0.424. The molecule has 0 bridgehead atoms. The molecule has 0 aliphatic carbocycles. The minimum absolute atomic E-state index is 0.00501. The number of benzene rings is 2. The van der Waals surface area contributed by atoms with Crippen LogP contribution in [0.25, 0.3) is 11.0 Å².